The Morgan fingerprint density at radius 1 is 1.42 bits per heavy atom. The zero-order chi connectivity index (χ0) is 13.8. The van der Waals surface area contributed by atoms with Crippen LogP contribution in [0.3, 0.4) is 0 Å². The van der Waals surface area contributed by atoms with E-state index in [9.17, 15) is 10.1 Å². The molecular weight excluding hydrogens is 323 g/mol. The second-order valence-corrected chi connectivity index (χ2v) is 7.30. The summed E-state index contributed by atoms with van der Waals surface area (Å²) in [6.45, 7) is 0. The summed E-state index contributed by atoms with van der Waals surface area (Å²) in [4.78, 5) is 12.0. The maximum Gasteiger partial charge on any atom is 0.244 e. The van der Waals surface area contributed by atoms with Crippen molar-refractivity contribution >= 4 is 52.6 Å². The molecule has 0 radical (unpaired) electrons. The number of hydrogen-bond donors (Lipinski definition) is 1. The third-order valence-electron chi connectivity index (χ3n) is 2.54. The summed E-state index contributed by atoms with van der Waals surface area (Å²) in [5, 5.41) is 12.6. The van der Waals surface area contributed by atoms with Crippen LogP contribution in [0, 0.1) is 11.3 Å². The van der Waals surface area contributed by atoms with E-state index < -0.39 is 6.04 Å². The van der Waals surface area contributed by atoms with Gasteiger partial charge in [-0.2, -0.15) is 5.26 Å². The van der Waals surface area contributed by atoms with Crippen molar-refractivity contribution < 1.29 is 4.79 Å². The van der Waals surface area contributed by atoms with Gasteiger partial charge in [-0.1, -0.05) is 35.3 Å². The molecule has 1 heterocycles. The summed E-state index contributed by atoms with van der Waals surface area (Å²) in [5.41, 5.74) is 0.526. The minimum absolute atomic E-state index is 0.143. The van der Waals surface area contributed by atoms with Gasteiger partial charge in [0.1, 0.15) is 10.6 Å². The summed E-state index contributed by atoms with van der Waals surface area (Å²) in [6.07, 6.45) is 0. The van der Waals surface area contributed by atoms with Gasteiger partial charge in [0.15, 0.2) is 0 Å². The summed E-state index contributed by atoms with van der Waals surface area (Å²) >= 11 is 15.2. The van der Waals surface area contributed by atoms with E-state index in [1.165, 1.54) is 0 Å². The fourth-order valence-corrected chi connectivity index (χ4v) is 4.66. The quantitative estimate of drug-likeness (QED) is 0.920. The molecule has 1 saturated heterocycles. The maximum atomic E-state index is 12.0. The fourth-order valence-electron chi connectivity index (χ4n) is 1.64. The van der Waals surface area contributed by atoms with Gasteiger partial charge in [-0.25, -0.2) is 0 Å². The van der Waals surface area contributed by atoms with Crippen molar-refractivity contribution in [3.63, 3.8) is 0 Å². The van der Waals surface area contributed by atoms with Gasteiger partial charge in [0.05, 0.1) is 16.1 Å². The first-order valence-corrected chi connectivity index (χ1v) is 8.36. The summed E-state index contributed by atoms with van der Waals surface area (Å²) in [7, 11) is 0. The molecule has 19 heavy (non-hydrogen) atoms. The van der Waals surface area contributed by atoms with Gasteiger partial charge in [-0.05, 0) is 6.07 Å². The molecule has 1 aromatic rings. The van der Waals surface area contributed by atoms with E-state index in [0.717, 1.165) is 11.5 Å². The first-order valence-electron chi connectivity index (χ1n) is 5.50. The minimum atomic E-state index is -0.777. The predicted molar refractivity (Wildman–Crippen MR) is 81.7 cm³/mol. The van der Waals surface area contributed by atoms with Crippen molar-refractivity contribution in [2.45, 2.75) is 10.6 Å². The van der Waals surface area contributed by atoms with Gasteiger partial charge in [-0.3, -0.25) is 4.79 Å². The third kappa shape index (κ3) is 3.51. The van der Waals surface area contributed by atoms with Gasteiger partial charge in [0.2, 0.25) is 5.91 Å². The molecule has 1 amide bonds. The smallest absolute Gasteiger partial charge is 0.244 e. The van der Waals surface area contributed by atoms with Crippen LogP contribution in [0.5, 0.6) is 0 Å². The number of rotatable bonds is 3. The highest BCUT2D eigenvalue weighted by atomic mass is 35.5. The van der Waals surface area contributed by atoms with Crippen LogP contribution in [0.1, 0.15) is 11.6 Å². The maximum absolute atomic E-state index is 12.0. The van der Waals surface area contributed by atoms with Gasteiger partial charge in [0, 0.05) is 17.1 Å². The number of amides is 1. The number of nitrogens with one attached hydrogen (secondary N) is 1. The highest BCUT2D eigenvalue weighted by Gasteiger charge is 2.27. The molecule has 1 aromatic carbocycles. The number of carbonyl (C=O) groups excluding carboxylic acids is 1. The molecule has 0 spiro atoms. The molecule has 0 saturated carbocycles. The number of halogens is 2. The SMILES string of the molecule is N#CC(NC(=O)C1SCCS1)c1cccc(Cl)c1Cl. The van der Waals surface area contributed by atoms with Crippen molar-refractivity contribution in [3.8, 4) is 6.07 Å². The lowest BCUT2D eigenvalue weighted by Gasteiger charge is -2.16. The summed E-state index contributed by atoms with van der Waals surface area (Å²) < 4.78 is -0.145. The largest absolute Gasteiger partial charge is 0.335 e. The Labute approximate surface area is 130 Å². The Hall–Kier alpha value is -0.540. The normalized spacial score (nSPS) is 16.9. The molecule has 0 aromatic heterocycles. The van der Waals surface area contributed by atoms with Gasteiger partial charge >= 0.3 is 0 Å². The van der Waals surface area contributed by atoms with Crippen LogP contribution >= 0.6 is 46.7 Å². The van der Waals surface area contributed by atoms with Crippen LogP contribution in [0.25, 0.3) is 0 Å². The molecule has 7 heteroatoms. The predicted octanol–water partition coefficient (Wildman–Crippen LogP) is 3.48. The molecule has 0 bridgehead atoms. The number of benzene rings is 1. The second kappa shape index (κ2) is 6.76. The Morgan fingerprint density at radius 3 is 2.74 bits per heavy atom. The van der Waals surface area contributed by atoms with Crippen LogP contribution < -0.4 is 5.32 Å². The third-order valence-corrected chi connectivity index (χ3v) is 6.37. The molecule has 1 N–H and O–H groups in total. The molecule has 1 fully saturated rings. The average molecular weight is 333 g/mol. The summed E-state index contributed by atoms with van der Waals surface area (Å²) in [5.74, 6) is 1.77. The molecule has 2 rings (SSSR count). The highest BCUT2D eigenvalue weighted by Crippen LogP contribution is 2.33. The van der Waals surface area contributed by atoms with E-state index in [-0.39, 0.29) is 10.5 Å². The van der Waals surface area contributed by atoms with Crippen LogP contribution in [0.15, 0.2) is 18.2 Å². The van der Waals surface area contributed by atoms with E-state index >= 15 is 0 Å². The Kier molecular flexibility index (Phi) is 5.28. The fraction of sp³-hybridized carbons (Fsp3) is 0.333. The number of nitrogens with zero attached hydrogens (tertiary/aromatic N) is 1. The van der Waals surface area contributed by atoms with Crippen molar-refractivity contribution in [3.05, 3.63) is 33.8 Å². The number of hydrogen-bond acceptors (Lipinski definition) is 4. The molecule has 1 aliphatic rings. The van der Waals surface area contributed by atoms with Crippen LogP contribution in [-0.2, 0) is 4.79 Å². The van der Waals surface area contributed by atoms with E-state index in [0.29, 0.717) is 15.6 Å². The Balaban J connectivity index is 2.14. The average Bonchev–Trinajstić information content (AvgIpc) is 2.93. The molecule has 1 unspecified atom stereocenters. The lowest BCUT2D eigenvalue weighted by molar-refractivity contribution is -0.119. The van der Waals surface area contributed by atoms with Crippen molar-refractivity contribution in [2.75, 3.05) is 11.5 Å². The standard InChI is InChI=1S/C12H10Cl2N2OS2/c13-8-3-1-2-7(10(8)14)9(6-15)16-11(17)12-18-4-5-19-12/h1-3,9,12H,4-5H2,(H,16,17). The van der Waals surface area contributed by atoms with E-state index in [2.05, 4.69) is 5.32 Å². The molecule has 0 aliphatic carbocycles. The lowest BCUT2D eigenvalue weighted by Crippen LogP contribution is -2.33. The molecule has 1 aliphatic heterocycles. The van der Waals surface area contributed by atoms with Gasteiger partial charge in [0.25, 0.3) is 0 Å². The molecule has 3 nitrogen and oxygen atoms in total. The number of nitriles is 1. The molecule has 100 valence electrons. The zero-order valence-electron chi connectivity index (χ0n) is 9.73. The van der Waals surface area contributed by atoms with Crippen molar-refractivity contribution in [2.24, 2.45) is 0 Å². The van der Waals surface area contributed by atoms with Crippen LogP contribution in [0.4, 0.5) is 0 Å². The van der Waals surface area contributed by atoms with E-state index in [4.69, 9.17) is 23.2 Å². The van der Waals surface area contributed by atoms with E-state index in [1.807, 2.05) is 6.07 Å². The number of thioether (sulfide) groups is 2. The Morgan fingerprint density at radius 2 is 2.11 bits per heavy atom. The first-order chi connectivity index (χ1) is 9.13. The highest BCUT2D eigenvalue weighted by molar-refractivity contribution is 8.21. The Bertz CT molecular complexity index is 527. The van der Waals surface area contributed by atoms with Crippen LogP contribution in [0.2, 0.25) is 10.0 Å². The van der Waals surface area contributed by atoms with Crippen LogP contribution in [-0.4, -0.2) is 22.0 Å². The van der Waals surface area contributed by atoms with Crippen molar-refractivity contribution in [1.29, 1.82) is 5.26 Å². The van der Waals surface area contributed by atoms with E-state index in [1.54, 1.807) is 41.7 Å². The first kappa shape index (κ1) is 14.9. The van der Waals surface area contributed by atoms with Crippen molar-refractivity contribution in [1.82, 2.24) is 5.32 Å². The minimum Gasteiger partial charge on any atom is -0.335 e. The molecular formula is C12H10Cl2N2OS2. The number of carbonyl (C=O) groups is 1. The topological polar surface area (TPSA) is 52.9 Å². The van der Waals surface area contributed by atoms with Gasteiger partial charge < -0.3 is 5.32 Å². The zero-order valence-corrected chi connectivity index (χ0v) is 12.9. The summed E-state index contributed by atoms with van der Waals surface area (Å²) in [6, 6.07) is 6.31. The monoisotopic (exact) mass is 332 g/mol. The second-order valence-electron chi connectivity index (χ2n) is 3.79. The lowest BCUT2D eigenvalue weighted by atomic mass is 10.1. The van der Waals surface area contributed by atoms with Gasteiger partial charge in [-0.15, -0.1) is 23.5 Å². The molecule has 1 atom stereocenters.